The van der Waals surface area contributed by atoms with E-state index < -0.39 is 0 Å². The fraction of sp³-hybridized carbons (Fsp3) is 0.421. The molecule has 1 N–H and O–H groups in total. The largest absolute Gasteiger partial charge is 0.495 e. The van der Waals surface area contributed by atoms with Crippen LogP contribution >= 0.6 is 0 Å². The molecule has 1 fully saturated rings. The summed E-state index contributed by atoms with van der Waals surface area (Å²) < 4.78 is 11.1. The van der Waals surface area contributed by atoms with Crippen molar-refractivity contribution in [2.75, 3.05) is 44.7 Å². The zero-order valence-electron chi connectivity index (χ0n) is 14.8. The summed E-state index contributed by atoms with van der Waals surface area (Å²) in [5.41, 5.74) is 1.14. The number of furan rings is 1. The van der Waals surface area contributed by atoms with E-state index in [4.69, 9.17) is 9.15 Å². The van der Waals surface area contributed by atoms with Crippen molar-refractivity contribution in [3.05, 3.63) is 47.9 Å². The number of carbonyl (C=O) groups is 1. The molecule has 6 nitrogen and oxygen atoms in total. The maximum absolute atomic E-state index is 11.8. The van der Waals surface area contributed by atoms with Gasteiger partial charge in [0.2, 0.25) is 0 Å². The van der Waals surface area contributed by atoms with Gasteiger partial charge in [0.25, 0.3) is 5.91 Å². The van der Waals surface area contributed by atoms with Crippen LogP contribution in [0, 0.1) is 0 Å². The number of anilines is 1. The second-order valence-electron chi connectivity index (χ2n) is 6.06. The summed E-state index contributed by atoms with van der Waals surface area (Å²) >= 11 is 0. The molecular weight excluding hydrogens is 318 g/mol. The number of rotatable bonds is 6. The fourth-order valence-electron chi connectivity index (χ4n) is 3.09. The number of ether oxygens (including phenoxy) is 1. The van der Waals surface area contributed by atoms with Gasteiger partial charge in [-0.05, 0) is 31.2 Å². The number of carbonyl (C=O) groups excluding carboxylic acids is 1. The van der Waals surface area contributed by atoms with Crippen molar-refractivity contribution in [2.24, 2.45) is 0 Å². The summed E-state index contributed by atoms with van der Waals surface area (Å²) in [5, 5.41) is 2.75. The van der Waals surface area contributed by atoms with Crippen LogP contribution in [0.3, 0.4) is 0 Å². The zero-order valence-corrected chi connectivity index (χ0v) is 14.8. The molecule has 1 aliphatic rings. The van der Waals surface area contributed by atoms with Crippen molar-refractivity contribution in [1.82, 2.24) is 10.2 Å². The first-order valence-corrected chi connectivity index (χ1v) is 8.68. The van der Waals surface area contributed by atoms with E-state index in [9.17, 15) is 4.79 Å². The molecule has 0 unspecified atom stereocenters. The minimum absolute atomic E-state index is 0.158. The average molecular weight is 343 g/mol. The number of benzene rings is 1. The number of para-hydroxylation sites is 2. The van der Waals surface area contributed by atoms with E-state index in [2.05, 4.69) is 21.2 Å². The van der Waals surface area contributed by atoms with Crippen LogP contribution in [0.4, 0.5) is 5.69 Å². The predicted molar refractivity (Wildman–Crippen MR) is 97.2 cm³/mol. The summed E-state index contributed by atoms with van der Waals surface area (Å²) in [7, 11) is 1.71. The summed E-state index contributed by atoms with van der Waals surface area (Å²) in [4.78, 5) is 16.5. The van der Waals surface area contributed by atoms with Crippen LogP contribution in [0.15, 0.2) is 40.8 Å². The SMILES string of the molecule is CCNC(=O)c1ccc(CN2CCN(c3ccccc3OC)CC2)o1. The van der Waals surface area contributed by atoms with Gasteiger partial charge < -0.3 is 19.4 Å². The molecule has 0 saturated carbocycles. The highest BCUT2D eigenvalue weighted by Gasteiger charge is 2.20. The monoisotopic (exact) mass is 343 g/mol. The number of nitrogens with zero attached hydrogens (tertiary/aromatic N) is 2. The first-order chi connectivity index (χ1) is 12.2. The van der Waals surface area contributed by atoms with E-state index >= 15 is 0 Å². The van der Waals surface area contributed by atoms with Crippen molar-refractivity contribution in [2.45, 2.75) is 13.5 Å². The molecule has 2 heterocycles. The first kappa shape index (κ1) is 17.4. The van der Waals surface area contributed by atoms with Crippen molar-refractivity contribution in [3.63, 3.8) is 0 Å². The van der Waals surface area contributed by atoms with Crippen LogP contribution in [-0.4, -0.2) is 50.6 Å². The van der Waals surface area contributed by atoms with E-state index in [0.29, 0.717) is 12.3 Å². The molecular formula is C19H25N3O3. The normalized spacial score (nSPS) is 15.2. The Morgan fingerprint density at radius 1 is 1.16 bits per heavy atom. The Labute approximate surface area is 148 Å². The van der Waals surface area contributed by atoms with Crippen LogP contribution in [0.1, 0.15) is 23.2 Å². The summed E-state index contributed by atoms with van der Waals surface area (Å²) in [6.07, 6.45) is 0. The average Bonchev–Trinajstić information content (AvgIpc) is 3.11. The molecule has 0 spiro atoms. The Kier molecular flexibility index (Phi) is 5.60. The number of amides is 1. The smallest absolute Gasteiger partial charge is 0.286 e. The third-order valence-corrected chi connectivity index (χ3v) is 4.40. The van der Waals surface area contributed by atoms with E-state index in [1.54, 1.807) is 13.2 Å². The molecule has 0 bridgehead atoms. The summed E-state index contributed by atoms with van der Waals surface area (Å²) in [5.74, 6) is 1.96. The molecule has 0 aliphatic carbocycles. The van der Waals surface area contributed by atoms with E-state index in [0.717, 1.165) is 49.9 Å². The maximum atomic E-state index is 11.8. The topological polar surface area (TPSA) is 58.0 Å². The minimum atomic E-state index is -0.158. The highest BCUT2D eigenvalue weighted by atomic mass is 16.5. The Hall–Kier alpha value is -2.47. The minimum Gasteiger partial charge on any atom is -0.495 e. The second-order valence-corrected chi connectivity index (χ2v) is 6.06. The quantitative estimate of drug-likeness (QED) is 0.873. The Morgan fingerprint density at radius 3 is 2.64 bits per heavy atom. The molecule has 0 radical (unpaired) electrons. The van der Waals surface area contributed by atoms with Crippen LogP contribution < -0.4 is 15.0 Å². The van der Waals surface area contributed by atoms with Crippen LogP contribution in [0.2, 0.25) is 0 Å². The van der Waals surface area contributed by atoms with Crippen molar-refractivity contribution >= 4 is 11.6 Å². The van der Waals surface area contributed by atoms with Crippen molar-refractivity contribution in [1.29, 1.82) is 0 Å². The standard InChI is InChI=1S/C19H25N3O3/c1-3-20-19(23)18-9-8-15(25-18)14-21-10-12-22(13-11-21)16-6-4-5-7-17(16)24-2/h4-9H,3,10-14H2,1-2H3,(H,20,23). The zero-order chi connectivity index (χ0) is 17.6. The molecule has 25 heavy (non-hydrogen) atoms. The lowest BCUT2D eigenvalue weighted by atomic mass is 10.2. The summed E-state index contributed by atoms with van der Waals surface area (Å²) in [6, 6.07) is 11.7. The van der Waals surface area contributed by atoms with Gasteiger partial charge in [0.15, 0.2) is 5.76 Å². The van der Waals surface area contributed by atoms with Gasteiger partial charge in [-0.2, -0.15) is 0 Å². The molecule has 0 atom stereocenters. The second kappa shape index (κ2) is 8.07. The third kappa shape index (κ3) is 4.14. The lowest BCUT2D eigenvalue weighted by Gasteiger charge is -2.36. The molecule has 1 amide bonds. The van der Waals surface area contributed by atoms with Gasteiger partial charge in [-0.15, -0.1) is 0 Å². The highest BCUT2D eigenvalue weighted by molar-refractivity contribution is 5.91. The fourth-order valence-corrected chi connectivity index (χ4v) is 3.09. The van der Waals surface area contributed by atoms with Crippen LogP contribution in [0.25, 0.3) is 0 Å². The molecule has 134 valence electrons. The van der Waals surface area contributed by atoms with Crippen LogP contribution in [-0.2, 0) is 6.54 Å². The molecule has 1 aliphatic heterocycles. The highest BCUT2D eigenvalue weighted by Crippen LogP contribution is 2.28. The number of methoxy groups -OCH3 is 1. The lowest BCUT2D eigenvalue weighted by molar-refractivity contribution is 0.0924. The van der Waals surface area contributed by atoms with Gasteiger partial charge in [0.05, 0.1) is 19.3 Å². The predicted octanol–water partition coefficient (Wildman–Crippen LogP) is 2.36. The first-order valence-electron chi connectivity index (χ1n) is 8.68. The number of nitrogens with one attached hydrogen (secondary N) is 1. The molecule has 6 heteroatoms. The van der Waals surface area contributed by atoms with E-state index in [1.165, 1.54) is 0 Å². The Morgan fingerprint density at radius 2 is 1.92 bits per heavy atom. The lowest BCUT2D eigenvalue weighted by Crippen LogP contribution is -2.46. The summed E-state index contributed by atoms with van der Waals surface area (Å²) in [6.45, 7) is 6.96. The van der Waals surface area contributed by atoms with Gasteiger partial charge in [-0.3, -0.25) is 9.69 Å². The van der Waals surface area contributed by atoms with E-state index in [1.807, 2.05) is 31.2 Å². The molecule has 2 aromatic rings. The van der Waals surface area contributed by atoms with Gasteiger partial charge in [-0.25, -0.2) is 0 Å². The molecule has 1 aromatic carbocycles. The van der Waals surface area contributed by atoms with Gasteiger partial charge in [0.1, 0.15) is 11.5 Å². The van der Waals surface area contributed by atoms with Crippen LogP contribution in [0.5, 0.6) is 5.75 Å². The van der Waals surface area contributed by atoms with Gasteiger partial charge in [0, 0.05) is 32.7 Å². The maximum Gasteiger partial charge on any atom is 0.286 e. The molecule has 1 saturated heterocycles. The molecule has 1 aromatic heterocycles. The van der Waals surface area contributed by atoms with Crippen molar-refractivity contribution < 1.29 is 13.9 Å². The van der Waals surface area contributed by atoms with Crippen molar-refractivity contribution in [3.8, 4) is 5.75 Å². The van der Waals surface area contributed by atoms with E-state index in [-0.39, 0.29) is 5.91 Å². The third-order valence-electron chi connectivity index (χ3n) is 4.40. The number of hydrogen-bond donors (Lipinski definition) is 1. The number of hydrogen-bond acceptors (Lipinski definition) is 5. The molecule has 3 rings (SSSR count). The number of piperazine rings is 1. The van der Waals surface area contributed by atoms with Gasteiger partial charge >= 0.3 is 0 Å². The Balaban J connectivity index is 1.55. The Bertz CT molecular complexity index is 705. The van der Waals surface area contributed by atoms with Gasteiger partial charge in [-0.1, -0.05) is 12.1 Å².